The van der Waals surface area contributed by atoms with Crippen LogP contribution in [-0.2, 0) is 21.4 Å². The van der Waals surface area contributed by atoms with Crippen LogP contribution < -0.4 is 5.32 Å². The third kappa shape index (κ3) is 4.60. The van der Waals surface area contributed by atoms with Gasteiger partial charge in [0.15, 0.2) is 0 Å². The van der Waals surface area contributed by atoms with Crippen LogP contribution in [0.5, 0.6) is 0 Å². The zero-order valence-corrected chi connectivity index (χ0v) is 16.4. The van der Waals surface area contributed by atoms with E-state index in [0.717, 1.165) is 42.8 Å². The van der Waals surface area contributed by atoms with E-state index >= 15 is 0 Å². The summed E-state index contributed by atoms with van der Waals surface area (Å²) in [7, 11) is -3.09. The first-order valence-corrected chi connectivity index (χ1v) is 11.7. The van der Waals surface area contributed by atoms with E-state index in [4.69, 9.17) is 0 Å². The van der Waals surface area contributed by atoms with Crippen molar-refractivity contribution < 1.29 is 13.2 Å². The molecule has 1 aromatic heterocycles. The molecule has 0 unspecified atom stereocenters. The highest BCUT2D eigenvalue weighted by atomic mass is 32.2. The lowest BCUT2D eigenvalue weighted by atomic mass is 9.85. The number of amides is 1. The summed E-state index contributed by atoms with van der Waals surface area (Å²) in [6.07, 6.45) is 5.48. The minimum atomic E-state index is -3.09. The molecule has 1 N–H and O–H groups in total. The minimum absolute atomic E-state index is 0.148. The smallest absolute Gasteiger partial charge is 0.223 e. The van der Waals surface area contributed by atoms with Gasteiger partial charge in [-0.05, 0) is 32.1 Å². The molecule has 0 radical (unpaired) electrons. The predicted octanol–water partition coefficient (Wildman–Crippen LogP) is 2.48. The molecule has 1 amide bonds. The highest BCUT2D eigenvalue weighted by Gasteiger charge is 2.29. The summed E-state index contributed by atoms with van der Waals surface area (Å²) in [5.41, 5.74) is 0.911. The largest absolute Gasteiger partial charge is 0.350 e. The van der Waals surface area contributed by atoms with Gasteiger partial charge in [0.1, 0.15) is 0 Å². The number of piperidine rings is 1. The van der Waals surface area contributed by atoms with Crippen molar-refractivity contribution in [2.75, 3.05) is 18.8 Å². The van der Waals surface area contributed by atoms with E-state index in [9.17, 15) is 13.2 Å². The minimum Gasteiger partial charge on any atom is -0.350 e. The Labute approximate surface area is 154 Å². The van der Waals surface area contributed by atoms with Crippen LogP contribution in [0.4, 0.5) is 0 Å². The lowest BCUT2D eigenvalue weighted by molar-refractivity contribution is -0.127. The van der Waals surface area contributed by atoms with Crippen LogP contribution in [0, 0.1) is 5.92 Å². The molecule has 25 heavy (non-hydrogen) atoms. The van der Waals surface area contributed by atoms with E-state index in [-0.39, 0.29) is 17.6 Å². The lowest BCUT2D eigenvalue weighted by Crippen LogP contribution is -2.39. The molecule has 2 fully saturated rings. The molecule has 0 bridgehead atoms. The molecule has 1 saturated carbocycles. The van der Waals surface area contributed by atoms with Crippen LogP contribution in [0.3, 0.4) is 0 Å². The van der Waals surface area contributed by atoms with E-state index < -0.39 is 10.0 Å². The van der Waals surface area contributed by atoms with Gasteiger partial charge in [0.2, 0.25) is 15.9 Å². The summed E-state index contributed by atoms with van der Waals surface area (Å²) in [6.45, 7) is 3.56. The first kappa shape index (κ1) is 18.8. The number of nitrogens with one attached hydrogen (secondary N) is 1. The number of carbonyl (C=O) groups excluding carboxylic acids is 1. The molecular weight excluding hydrogens is 358 g/mol. The third-order valence-corrected chi connectivity index (χ3v) is 8.28. The van der Waals surface area contributed by atoms with Gasteiger partial charge in [-0.2, -0.15) is 0 Å². The number of carbonyl (C=O) groups is 1. The molecular formula is C17H27N3O3S2. The Hall–Kier alpha value is -0.990. The number of sulfonamides is 1. The second-order valence-electron chi connectivity index (χ2n) is 7.01. The number of hydrogen-bond acceptors (Lipinski definition) is 5. The van der Waals surface area contributed by atoms with Crippen molar-refractivity contribution in [2.24, 2.45) is 5.92 Å². The summed E-state index contributed by atoms with van der Waals surface area (Å²) in [5, 5.41) is 6.06. The summed E-state index contributed by atoms with van der Waals surface area (Å²) in [4.78, 5) is 16.6. The van der Waals surface area contributed by atoms with Crippen molar-refractivity contribution in [3.63, 3.8) is 0 Å². The van der Waals surface area contributed by atoms with Crippen molar-refractivity contribution in [2.45, 2.75) is 57.9 Å². The molecule has 1 aliphatic heterocycles. The van der Waals surface area contributed by atoms with Gasteiger partial charge in [-0.3, -0.25) is 4.79 Å². The molecule has 1 saturated heterocycles. The second kappa shape index (κ2) is 8.14. The lowest BCUT2D eigenvalue weighted by Gasteiger charge is -2.30. The van der Waals surface area contributed by atoms with Gasteiger partial charge in [-0.25, -0.2) is 17.7 Å². The Morgan fingerprint density at radius 1 is 1.32 bits per heavy atom. The Kier molecular flexibility index (Phi) is 6.12. The maximum absolute atomic E-state index is 12.1. The molecule has 140 valence electrons. The fraction of sp³-hybridized carbons (Fsp3) is 0.765. The maximum atomic E-state index is 12.1. The van der Waals surface area contributed by atoms with Crippen LogP contribution in [0.1, 0.15) is 62.1 Å². The molecule has 3 rings (SSSR count). The Bertz CT molecular complexity index is 690. The van der Waals surface area contributed by atoms with E-state index in [1.165, 1.54) is 0 Å². The van der Waals surface area contributed by atoms with Crippen molar-refractivity contribution in [1.29, 1.82) is 0 Å². The van der Waals surface area contributed by atoms with Gasteiger partial charge in [0.05, 0.1) is 23.0 Å². The topological polar surface area (TPSA) is 79.4 Å². The van der Waals surface area contributed by atoms with Gasteiger partial charge in [-0.15, -0.1) is 11.3 Å². The fourth-order valence-corrected chi connectivity index (χ4v) is 5.88. The summed E-state index contributed by atoms with van der Waals surface area (Å²) < 4.78 is 25.9. The molecule has 8 heteroatoms. The van der Waals surface area contributed by atoms with E-state index in [1.807, 2.05) is 12.3 Å². The summed E-state index contributed by atoms with van der Waals surface area (Å²) in [6, 6.07) is 0. The van der Waals surface area contributed by atoms with Gasteiger partial charge in [-0.1, -0.05) is 13.3 Å². The van der Waals surface area contributed by atoms with E-state index in [1.54, 1.807) is 15.6 Å². The van der Waals surface area contributed by atoms with Crippen molar-refractivity contribution >= 4 is 27.3 Å². The highest BCUT2D eigenvalue weighted by molar-refractivity contribution is 7.89. The Morgan fingerprint density at radius 3 is 2.64 bits per heavy atom. The fourth-order valence-electron chi connectivity index (χ4n) is 3.35. The number of rotatable bonds is 7. The van der Waals surface area contributed by atoms with Gasteiger partial charge in [0, 0.05) is 30.3 Å². The average Bonchev–Trinajstić information content (AvgIpc) is 3.00. The quantitative estimate of drug-likeness (QED) is 0.782. The summed E-state index contributed by atoms with van der Waals surface area (Å²) >= 11 is 1.62. The zero-order valence-electron chi connectivity index (χ0n) is 14.7. The van der Waals surface area contributed by atoms with E-state index in [0.29, 0.717) is 32.0 Å². The molecule has 0 aromatic carbocycles. The third-order valence-electron chi connectivity index (χ3n) is 5.15. The SMILES string of the molecule is CCCS(=O)(=O)N1CCC(c2nc(CNC(=O)C3CCC3)cs2)CC1. The normalized spacial score (nSPS) is 20.4. The first-order chi connectivity index (χ1) is 12.0. The number of aromatic nitrogens is 1. The number of thiazole rings is 1. The predicted molar refractivity (Wildman–Crippen MR) is 98.9 cm³/mol. The van der Waals surface area contributed by atoms with Crippen LogP contribution in [-0.4, -0.2) is 42.5 Å². The van der Waals surface area contributed by atoms with Gasteiger partial charge in [0.25, 0.3) is 0 Å². The van der Waals surface area contributed by atoms with Gasteiger partial charge < -0.3 is 5.32 Å². The molecule has 6 nitrogen and oxygen atoms in total. The second-order valence-corrected chi connectivity index (χ2v) is 9.99. The number of hydrogen-bond donors (Lipinski definition) is 1. The molecule has 0 atom stereocenters. The van der Waals surface area contributed by atoms with Gasteiger partial charge >= 0.3 is 0 Å². The Morgan fingerprint density at radius 2 is 2.04 bits per heavy atom. The molecule has 1 aromatic rings. The average molecular weight is 386 g/mol. The maximum Gasteiger partial charge on any atom is 0.223 e. The molecule has 1 aliphatic carbocycles. The van der Waals surface area contributed by atoms with Crippen LogP contribution >= 0.6 is 11.3 Å². The van der Waals surface area contributed by atoms with Crippen LogP contribution in [0.25, 0.3) is 0 Å². The molecule has 2 aliphatic rings. The number of nitrogens with zero attached hydrogens (tertiary/aromatic N) is 2. The van der Waals surface area contributed by atoms with Crippen molar-refractivity contribution in [3.05, 3.63) is 16.1 Å². The van der Waals surface area contributed by atoms with Crippen LogP contribution in [0.2, 0.25) is 0 Å². The standard InChI is InChI=1S/C17H27N3O3S2/c1-2-10-25(22,23)20-8-6-14(7-9-20)17-19-15(12-24-17)11-18-16(21)13-4-3-5-13/h12-14H,2-11H2,1H3,(H,18,21). The molecule has 2 heterocycles. The summed E-state index contributed by atoms with van der Waals surface area (Å²) in [5.74, 6) is 0.914. The molecule has 0 spiro atoms. The van der Waals surface area contributed by atoms with Crippen molar-refractivity contribution in [1.82, 2.24) is 14.6 Å². The monoisotopic (exact) mass is 385 g/mol. The Balaban J connectivity index is 1.49. The highest BCUT2D eigenvalue weighted by Crippen LogP contribution is 2.31. The van der Waals surface area contributed by atoms with E-state index in [2.05, 4.69) is 10.3 Å². The van der Waals surface area contributed by atoms with Crippen molar-refractivity contribution in [3.8, 4) is 0 Å². The van der Waals surface area contributed by atoms with Crippen LogP contribution in [0.15, 0.2) is 5.38 Å². The first-order valence-electron chi connectivity index (χ1n) is 9.19. The zero-order chi connectivity index (χ0) is 17.9.